The van der Waals surface area contributed by atoms with Crippen LogP contribution >= 0.6 is 11.8 Å². The van der Waals surface area contributed by atoms with Crippen molar-refractivity contribution in [2.24, 2.45) is 0 Å². The number of carbonyl (C=O) groups excluding carboxylic acids is 1. The minimum absolute atomic E-state index is 0.131. The van der Waals surface area contributed by atoms with Gasteiger partial charge in [0.25, 0.3) is 5.91 Å². The Kier molecular flexibility index (Phi) is 4.58. The molecule has 1 saturated carbocycles. The SMILES string of the molecule is CCSC1CCC(NC(=O)c2cccc(O)c2O)C1. The molecule has 1 aromatic rings. The number of phenols is 2. The van der Waals surface area contributed by atoms with E-state index in [0.29, 0.717) is 5.25 Å². The van der Waals surface area contributed by atoms with Gasteiger partial charge >= 0.3 is 0 Å². The van der Waals surface area contributed by atoms with Crippen molar-refractivity contribution in [1.29, 1.82) is 0 Å². The van der Waals surface area contributed by atoms with Crippen LogP contribution in [0.15, 0.2) is 18.2 Å². The summed E-state index contributed by atoms with van der Waals surface area (Å²) in [6.45, 7) is 2.14. The number of thioether (sulfide) groups is 1. The van der Waals surface area contributed by atoms with Gasteiger partial charge in [0.15, 0.2) is 11.5 Å². The summed E-state index contributed by atoms with van der Waals surface area (Å²) in [5.41, 5.74) is 0.131. The van der Waals surface area contributed by atoms with E-state index in [1.165, 1.54) is 12.1 Å². The smallest absolute Gasteiger partial charge is 0.255 e. The van der Waals surface area contributed by atoms with Gasteiger partial charge in [-0.2, -0.15) is 11.8 Å². The van der Waals surface area contributed by atoms with Gasteiger partial charge in [-0.3, -0.25) is 4.79 Å². The Morgan fingerprint density at radius 3 is 2.95 bits per heavy atom. The van der Waals surface area contributed by atoms with Crippen LogP contribution in [0.1, 0.15) is 36.5 Å². The summed E-state index contributed by atoms with van der Waals surface area (Å²) in [6.07, 6.45) is 3.07. The summed E-state index contributed by atoms with van der Waals surface area (Å²) in [7, 11) is 0. The molecule has 0 aliphatic heterocycles. The van der Waals surface area contributed by atoms with Crippen LogP contribution in [0, 0.1) is 0 Å². The number of amides is 1. The van der Waals surface area contributed by atoms with E-state index < -0.39 is 0 Å². The van der Waals surface area contributed by atoms with Gasteiger partial charge in [-0.25, -0.2) is 0 Å². The van der Waals surface area contributed by atoms with E-state index in [2.05, 4.69) is 12.2 Å². The summed E-state index contributed by atoms with van der Waals surface area (Å²) in [6, 6.07) is 4.58. The van der Waals surface area contributed by atoms with Gasteiger partial charge in [0.05, 0.1) is 5.56 Å². The van der Waals surface area contributed by atoms with Gasteiger partial charge in [0, 0.05) is 11.3 Å². The van der Waals surface area contributed by atoms with E-state index in [1.807, 2.05) is 11.8 Å². The molecule has 0 saturated heterocycles. The quantitative estimate of drug-likeness (QED) is 0.742. The second-order valence-corrected chi connectivity index (χ2v) is 6.31. The van der Waals surface area contributed by atoms with Crippen molar-refractivity contribution < 1.29 is 15.0 Å². The Bertz CT molecular complexity index is 464. The van der Waals surface area contributed by atoms with Crippen molar-refractivity contribution >= 4 is 17.7 Å². The monoisotopic (exact) mass is 281 g/mol. The molecular weight excluding hydrogens is 262 g/mol. The number of rotatable bonds is 4. The lowest BCUT2D eigenvalue weighted by Crippen LogP contribution is -2.33. The lowest BCUT2D eigenvalue weighted by atomic mass is 10.1. The normalized spacial score (nSPS) is 22.4. The zero-order chi connectivity index (χ0) is 13.8. The fourth-order valence-corrected chi connectivity index (χ4v) is 3.58. The molecule has 5 heteroatoms. The number of phenolic OH excluding ortho intramolecular Hbond substituents is 2. The average Bonchev–Trinajstić information content (AvgIpc) is 2.80. The molecule has 1 amide bonds. The fraction of sp³-hybridized carbons (Fsp3) is 0.500. The van der Waals surface area contributed by atoms with Crippen LogP contribution in [0.3, 0.4) is 0 Å². The van der Waals surface area contributed by atoms with E-state index in [1.54, 1.807) is 6.07 Å². The predicted molar refractivity (Wildman–Crippen MR) is 76.8 cm³/mol. The Morgan fingerprint density at radius 2 is 2.21 bits per heavy atom. The third-order valence-corrected chi connectivity index (χ3v) is 4.61. The molecule has 19 heavy (non-hydrogen) atoms. The lowest BCUT2D eigenvalue weighted by Gasteiger charge is -2.14. The van der Waals surface area contributed by atoms with Crippen molar-refractivity contribution in [1.82, 2.24) is 5.32 Å². The van der Waals surface area contributed by atoms with Gasteiger partial charge in [-0.15, -0.1) is 0 Å². The van der Waals surface area contributed by atoms with Crippen LogP contribution in [0.25, 0.3) is 0 Å². The molecule has 0 spiro atoms. The highest BCUT2D eigenvalue weighted by molar-refractivity contribution is 7.99. The summed E-state index contributed by atoms with van der Waals surface area (Å²) in [5.74, 6) is 0.162. The zero-order valence-corrected chi connectivity index (χ0v) is 11.7. The van der Waals surface area contributed by atoms with Gasteiger partial charge in [-0.05, 0) is 37.1 Å². The van der Waals surface area contributed by atoms with E-state index in [4.69, 9.17) is 0 Å². The first-order valence-electron chi connectivity index (χ1n) is 6.55. The largest absolute Gasteiger partial charge is 0.504 e. The highest BCUT2D eigenvalue weighted by Crippen LogP contribution is 2.31. The fourth-order valence-electron chi connectivity index (χ4n) is 2.44. The topological polar surface area (TPSA) is 69.6 Å². The van der Waals surface area contributed by atoms with Gasteiger partial charge in [-0.1, -0.05) is 13.0 Å². The van der Waals surface area contributed by atoms with E-state index >= 15 is 0 Å². The first-order valence-corrected chi connectivity index (χ1v) is 7.60. The molecule has 104 valence electrons. The van der Waals surface area contributed by atoms with Gasteiger partial charge in [0.1, 0.15) is 0 Å². The van der Waals surface area contributed by atoms with Crippen LogP contribution in [-0.4, -0.2) is 33.2 Å². The molecule has 3 N–H and O–H groups in total. The predicted octanol–water partition coefficient (Wildman–Crippen LogP) is 2.50. The standard InChI is InChI=1S/C14H19NO3S/c1-2-19-10-7-6-9(8-10)15-14(18)11-4-3-5-12(16)13(11)17/h3-5,9-10,16-17H,2,6-8H2,1H3,(H,15,18). The Morgan fingerprint density at radius 1 is 1.42 bits per heavy atom. The number of benzene rings is 1. The molecule has 2 unspecified atom stereocenters. The highest BCUT2D eigenvalue weighted by atomic mass is 32.2. The molecule has 0 heterocycles. The number of para-hydroxylation sites is 1. The Hall–Kier alpha value is -1.36. The molecule has 1 aliphatic carbocycles. The van der Waals surface area contributed by atoms with Gasteiger partial charge in [0.2, 0.25) is 0 Å². The maximum Gasteiger partial charge on any atom is 0.255 e. The first kappa shape index (κ1) is 14.1. The summed E-state index contributed by atoms with van der Waals surface area (Å²) < 4.78 is 0. The molecule has 0 radical (unpaired) electrons. The second-order valence-electron chi connectivity index (χ2n) is 4.73. The molecule has 4 nitrogen and oxygen atoms in total. The minimum Gasteiger partial charge on any atom is -0.504 e. The minimum atomic E-state index is -0.350. The van der Waals surface area contributed by atoms with E-state index in [9.17, 15) is 15.0 Å². The molecule has 0 aromatic heterocycles. The van der Waals surface area contributed by atoms with Crippen molar-refractivity contribution in [3.05, 3.63) is 23.8 Å². The van der Waals surface area contributed by atoms with Crippen LogP contribution < -0.4 is 5.32 Å². The zero-order valence-electron chi connectivity index (χ0n) is 10.9. The van der Waals surface area contributed by atoms with Crippen LogP contribution in [-0.2, 0) is 0 Å². The highest BCUT2D eigenvalue weighted by Gasteiger charge is 2.26. The molecule has 2 atom stereocenters. The average molecular weight is 281 g/mol. The second kappa shape index (κ2) is 6.19. The molecule has 1 aromatic carbocycles. The van der Waals surface area contributed by atoms with Gasteiger partial charge < -0.3 is 15.5 Å². The molecular formula is C14H19NO3S. The number of carbonyl (C=O) groups is 1. The number of hydrogen-bond donors (Lipinski definition) is 3. The maximum absolute atomic E-state index is 12.0. The third-order valence-electron chi connectivity index (χ3n) is 3.38. The third kappa shape index (κ3) is 3.35. The number of hydrogen-bond acceptors (Lipinski definition) is 4. The first-order chi connectivity index (χ1) is 9.11. The summed E-state index contributed by atoms with van der Waals surface area (Å²) >= 11 is 1.93. The van der Waals surface area contributed by atoms with Crippen molar-refractivity contribution in [2.45, 2.75) is 37.5 Å². The van der Waals surface area contributed by atoms with Crippen LogP contribution in [0.5, 0.6) is 11.5 Å². The van der Waals surface area contributed by atoms with Crippen molar-refractivity contribution in [2.75, 3.05) is 5.75 Å². The van der Waals surface area contributed by atoms with Crippen molar-refractivity contribution in [3.63, 3.8) is 0 Å². The lowest BCUT2D eigenvalue weighted by molar-refractivity contribution is 0.0934. The molecule has 1 fully saturated rings. The summed E-state index contributed by atoms with van der Waals surface area (Å²) in [5, 5.41) is 22.6. The Balaban J connectivity index is 1.97. The van der Waals surface area contributed by atoms with E-state index in [0.717, 1.165) is 25.0 Å². The number of nitrogens with one attached hydrogen (secondary N) is 1. The number of aromatic hydroxyl groups is 2. The van der Waals surface area contributed by atoms with Crippen LogP contribution in [0.2, 0.25) is 0 Å². The van der Waals surface area contributed by atoms with E-state index in [-0.39, 0.29) is 29.0 Å². The van der Waals surface area contributed by atoms with Crippen LogP contribution in [0.4, 0.5) is 0 Å². The molecule has 2 rings (SSSR count). The Labute approximate surface area is 117 Å². The van der Waals surface area contributed by atoms with Crippen molar-refractivity contribution in [3.8, 4) is 11.5 Å². The molecule has 0 bridgehead atoms. The molecule has 1 aliphatic rings. The summed E-state index contributed by atoms with van der Waals surface area (Å²) in [4.78, 5) is 12.0. The maximum atomic E-state index is 12.0.